The van der Waals surface area contributed by atoms with Crippen LogP contribution in [0.5, 0.6) is 0 Å². The number of carbonyl (C=O) groups is 1. The highest BCUT2D eigenvalue weighted by Crippen LogP contribution is 2.24. The predicted molar refractivity (Wildman–Crippen MR) is 61.7 cm³/mol. The summed E-state index contributed by atoms with van der Waals surface area (Å²) in [7, 11) is 0. The zero-order valence-electron chi connectivity index (χ0n) is 8.94. The zero-order chi connectivity index (χ0) is 11.9. The average molecular weight is 239 g/mol. The molecule has 0 aromatic carbocycles. The molecule has 1 N–H and O–H groups in total. The largest absolute Gasteiger partial charge is 0.480 e. The molecule has 2 rings (SSSR count). The Hall–Kier alpha value is -1.55. The van der Waals surface area contributed by atoms with E-state index in [1.54, 1.807) is 30.7 Å². The number of pyridine rings is 1. The minimum Gasteiger partial charge on any atom is -0.480 e. The van der Waals surface area contributed by atoms with Gasteiger partial charge in [0, 0.05) is 11.6 Å². The lowest BCUT2D eigenvalue weighted by Gasteiger charge is -2.22. The SMILES string of the molecule is CC(C)(C(=O)O)n1ccc2ccc(Cl)nc21. The van der Waals surface area contributed by atoms with E-state index in [4.69, 9.17) is 16.7 Å². The van der Waals surface area contributed by atoms with Crippen LogP contribution in [0.2, 0.25) is 5.15 Å². The summed E-state index contributed by atoms with van der Waals surface area (Å²) < 4.78 is 1.61. The van der Waals surface area contributed by atoms with E-state index in [9.17, 15) is 4.79 Å². The molecule has 0 bridgehead atoms. The van der Waals surface area contributed by atoms with Crippen molar-refractivity contribution in [2.45, 2.75) is 19.4 Å². The third-order valence-electron chi connectivity index (χ3n) is 2.63. The predicted octanol–water partition coefficient (Wildman–Crippen LogP) is 2.51. The molecule has 4 nitrogen and oxygen atoms in total. The van der Waals surface area contributed by atoms with Crippen molar-refractivity contribution in [1.29, 1.82) is 0 Å². The first-order valence-corrected chi connectivity index (χ1v) is 5.18. The third kappa shape index (κ3) is 1.55. The van der Waals surface area contributed by atoms with Crippen LogP contribution in [0.15, 0.2) is 24.4 Å². The normalized spacial score (nSPS) is 11.9. The number of hydrogen-bond acceptors (Lipinski definition) is 2. The number of rotatable bonds is 2. The minimum absolute atomic E-state index is 0.355. The molecule has 0 saturated heterocycles. The first-order valence-electron chi connectivity index (χ1n) is 4.80. The van der Waals surface area contributed by atoms with E-state index >= 15 is 0 Å². The first-order chi connectivity index (χ1) is 7.43. The van der Waals surface area contributed by atoms with Gasteiger partial charge in [0.1, 0.15) is 16.3 Å². The molecule has 0 aliphatic heterocycles. The van der Waals surface area contributed by atoms with Gasteiger partial charge in [0.2, 0.25) is 0 Å². The van der Waals surface area contributed by atoms with Gasteiger partial charge in [0.25, 0.3) is 0 Å². The minimum atomic E-state index is -1.04. The van der Waals surface area contributed by atoms with Crippen molar-refractivity contribution < 1.29 is 9.90 Å². The second-order valence-corrected chi connectivity index (χ2v) is 4.48. The third-order valence-corrected chi connectivity index (χ3v) is 2.84. The number of aromatic nitrogens is 2. The van der Waals surface area contributed by atoms with E-state index in [2.05, 4.69) is 4.98 Å². The fraction of sp³-hybridized carbons (Fsp3) is 0.273. The van der Waals surface area contributed by atoms with E-state index in [0.717, 1.165) is 5.39 Å². The van der Waals surface area contributed by atoms with Crippen LogP contribution < -0.4 is 0 Å². The first kappa shape index (κ1) is 11.0. The van der Waals surface area contributed by atoms with Crippen LogP contribution in [0.4, 0.5) is 0 Å². The van der Waals surface area contributed by atoms with Gasteiger partial charge in [-0.15, -0.1) is 0 Å². The Labute approximate surface area is 97.5 Å². The van der Waals surface area contributed by atoms with Crippen LogP contribution in [0.25, 0.3) is 11.0 Å². The topological polar surface area (TPSA) is 55.1 Å². The Balaban J connectivity index is 2.70. The summed E-state index contributed by atoms with van der Waals surface area (Å²) in [4.78, 5) is 15.3. The van der Waals surface area contributed by atoms with Crippen LogP contribution >= 0.6 is 11.6 Å². The van der Waals surface area contributed by atoms with Gasteiger partial charge in [0.15, 0.2) is 0 Å². The molecular formula is C11H11ClN2O2. The van der Waals surface area contributed by atoms with Gasteiger partial charge >= 0.3 is 5.97 Å². The Morgan fingerprint density at radius 2 is 2.12 bits per heavy atom. The van der Waals surface area contributed by atoms with E-state index in [1.807, 2.05) is 12.1 Å². The quantitative estimate of drug-likeness (QED) is 0.818. The van der Waals surface area contributed by atoms with Gasteiger partial charge in [-0.25, -0.2) is 9.78 Å². The zero-order valence-corrected chi connectivity index (χ0v) is 9.69. The van der Waals surface area contributed by atoms with Gasteiger partial charge in [-0.1, -0.05) is 11.6 Å². The lowest BCUT2D eigenvalue weighted by Crippen LogP contribution is -2.35. The van der Waals surface area contributed by atoms with Crippen molar-refractivity contribution in [2.75, 3.05) is 0 Å². The van der Waals surface area contributed by atoms with Crippen LogP contribution in [-0.4, -0.2) is 20.6 Å². The summed E-state index contributed by atoms with van der Waals surface area (Å²) in [6, 6.07) is 5.32. The summed E-state index contributed by atoms with van der Waals surface area (Å²) >= 11 is 5.81. The van der Waals surface area contributed by atoms with E-state index in [0.29, 0.717) is 10.8 Å². The summed E-state index contributed by atoms with van der Waals surface area (Å²) in [6.07, 6.45) is 1.71. The number of carboxylic acid groups (broad SMARTS) is 1. The molecule has 0 atom stereocenters. The molecule has 84 valence electrons. The van der Waals surface area contributed by atoms with Gasteiger partial charge in [0.05, 0.1) is 0 Å². The second kappa shape index (κ2) is 3.49. The maximum atomic E-state index is 11.2. The molecule has 2 aromatic heterocycles. The van der Waals surface area contributed by atoms with Crippen molar-refractivity contribution in [2.24, 2.45) is 0 Å². The molecule has 0 unspecified atom stereocenters. The van der Waals surface area contributed by atoms with Crippen LogP contribution in [0, 0.1) is 0 Å². The maximum absolute atomic E-state index is 11.2. The van der Waals surface area contributed by atoms with Crippen molar-refractivity contribution in [3.63, 3.8) is 0 Å². The molecule has 2 heterocycles. The fourth-order valence-electron chi connectivity index (χ4n) is 1.54. The Morgan fingerprint density at radius 3 is 2.75 bits per heavy atom. The van der Waals surface area contributed by atoms with Crippen molar-refractivity contribution >= 4 is 28.6 Å². The molecule has 0 saturated carbocycles. The molecule has 5 heteroatoms. The number of aliphatic carboxylic acids is 1. The van der Waals surface area contributed by atoms with Crippen LogP contribution in [0.3, 0.4) is 0 Å². The van der Waals surface area contributed by atoms with Gasteiger partial charge in [-0.05, 0) is 32.0 Å². The molecule has 2 aromatic rings. The number of fused-ring (bicyclic) bond motifs is 1. The summed E-state index contributed by atoms with van der Waals surface area (Å²) in [6.45, 7) is 3.24. The van der Waals surface area contributed by atoms with Crippen LogP contribution in [-0.2, 0) is 10.3 Å². The molecule has 16 heavy (non-hydrogen) atoms. The lowest BCUT2D eigenvalue weighted by molar-refractivity contribution is -0.145. The molecule has 0 amide bonds. The van der Waals surface area contributed by atoms with Crippen molar-refractivity contribution in [1.82, 2.24) is 9.55 Å². The highest BCUT2D eigenvalue weighted by molar-refractivity contribution is 6.29. The fourth-order valence-corrected chi connectivity index (χ4v) is 1.68. The van der Waals surface area contributed by atoms with Crippen LogP contribution in [0.1, 0.15) is 13.8 Å². The monoisotopic (exact) mass is 238 g/mol. The molecule has 0 aliphatic carbocycles. The Morgan fingerprint density at radius 1 is 1.44 bits per heavy atom. The van der Waals surface area contributed by atoms with E-state index in [-0.39, 0.29) is 0 Å². The highest BCUT2D eigenvalue weighted by atomic mass is 35.5. The maximum Gasteiger partial charge on any atom is 0.329 e. The average Bonchev–Trinajstić information content (AvgIpc) is 2.60. The van der Waals surface area contributed by atoms with E-state index < -0.39 is 11.5 Å². The molecule has 0 aliphatic rings. The summed E-state index contributed by atoms with van der Waals surface area (Å²) in [5, 5.41) is 10.4. The molecule has 0 radical (unpaired) electrons. The summed E-state index contributed by atoms with van der Waals surface area (Å²) in [5.74, 6) is -0.910. The van der Waals surface area contributed by atoms with Crippen molar-refractivity contribution in [3.05, 3.63) is 29.5 Å². The number of nitrogens with zero attached hydrogens (tertiary/aromatic N) is 2. The highest BCUT2D eigenvalue weighted by Gasteiger charge is 2.30. The second-order valence-electron chi connectivity index (χ2n) is 4.10. The Bertz CT molecular complexity index is 560. The van der Waals surface area contributed by atoms with Gasteiger partial charge in [-0.2, -0.15) is 0 Å². The van der Waals surface area contributed by atoms with Gasteiger partial charge < -0.3 is 9.67 Å². The standard InChI is InChI=1S/C11H11ClN2O2/c1-11(2,10(15)16)14-6-5-7-3-4-8(12)13-9(7)14/h3-6H,1-2H3,(H,15,16). The molecular weight excluding hydrogens is 228 g/mol. The number of hydrogen-bond donors (Lipinski definition) is 1. The van der Waals surface area contributed by atoms with E-state index in [1.165, 1.54) is 0 Å². The smallest absolute Gasteiger partial charge is 0.329 e. The summed E-state index contributed by atoms with van der Waals surface area (Å²) in [5.41, 5.74) is -0.459. The number of halogens is 1. The Kier molecular flexibility index (Phi) is 2.39. The lowest BCUT2D eigenvalue weighted by atomic mass is 10.1. The van der Waals surface area contributed by atoms with Gasteiger partial charge in [-0.3, -0.25) is 0 Å². The molecule has 0 fully saturated rings. The van der Waals surface area contributed by atoms with Crippen molar-refractivity contribution in [3.8, 4) is 0 Å². The molecule has 0 spiro atoms. The number of carboxylic acids is 1.